The summed E-state index contributed by atoms with van der Waals surface area (Å²) in [7, 11) is -4.55. The number of benzene rings is 4. The number of hydrogen-bond acceptors (Lipinski definition) is 4. The Morgan fingerprint density at radius 1 is 0.840 bits per heavy atom. The van der Waals surface area contributed by atoms with Gasteiger partial charge < -0.3 is 10.2 Å². The highest BCUT2D eigenvalue weighted by Crippen LogP contribution is 2.34. The van der Waals surface area contributed by atoms with Gasteiger partial charge in [0.25, 0.3) is 10.0 Å². The minimum Gasteiger partial charge on any atom is -0.352 e. The molecule has 4 aromatic rings. The van der Waals surface area contributed by atoms with Crippen LogP contribution in [0.2, 0.25) is 0 Å². The number of nitrogens with zero attached hydrogens (tertiary/aromatic N) is 2. The molecule has 0 bridgehead atoms. The zero-order valence-electron chi connectivity index (χ0n) is 28.2. The van der Waals surface area contributed by atoms with E-state index >= 15 is 0 Å². The summed E-state index contributed by atoms with van der Waals surface area (Å²) in [5.41, 5.74) is 1.80. The average Bonchev–Trinajstić information content (AvgIpc) is 3.10. The fourth-order valence-electron chi connectivity index (χ4n) is 6.27. The maximum atomic E-state index is 14.7. The van der Waals surface area contributed by atoms with Crippen LogP contribution in [0.15, 0.2) is 108 Å². The summed E-state index contributed by atoms with van der Waals surface area (Å²) in [6.45, 7) is 2.79. The van der Waals surface area contributed by atoms with Crippen molar-refractivity contribution in [2.75, 3.05) is 10.8 Å². The van der Waals surface area contributed by atoms with Gasteiger partial charge in [0.05, 0.1) is 16.1 Å². The van der Waals surface area contributed by atoms with Crippen molar-refractivity contribution in [2.45, 2.75) is 82.1 Å². The Morgan fingerprint density at radius 2 is 1.50 bits per heavy atom. The Balaban J connectivity index is 1.60. The molecule has 0 radical (unpaired) electrons. The molecule has 4 aromatic carbocycles. The molecular weight excluding hydrogens is 664 g/mol. The summed E-state index contributed by atoms with van der Waals surface area (Å²) < 4.78 is 70.8. The molecule has 264 valence electrons. The number of nitrogens with one attached hydrogen (secondary N) is 1. The van der Waals surface area contributed by atoms with Crippen molar-refractivity contribution < 1.29 is 31.2 Å². The first-order valence-electron chi connectivity index (χ1n) is 16.8. The van der Waals surface area contributed by atoms with Gasteiger partial charge in [0.15, 0.2) is 0 Å². The Kier molecular flexibility index (Phi) is 11.7. The van der Waals surface area contributed by atoms with Crippen LogP contribution in [-0.4, -0.2) is 43.8 Å². The maximum absolute atomic E-state index is 14.7. The SMILES string of the molecule is Cc1ccc(S(=O)(=O)N(CC(=O)N(Cc2ccccc2C)[C@@H](Cc2ccccc2)C(=O)NC2CCCCC2)c2cccc(C(F)(F)F)c2)cc1. The van der Waals surface area contributed by atoms with Crippen molar-refractivity contribution in [2.24, 2.45) is 0 Å². The molecule has 1 aliphatic carbocycles. The molecule has 0 unspecified atom stereocenters. The number of aryl methyl sites for hydroxylation is 2. The first-order chi connectivity index (χ1) is 23.8. The van der Waals surface area contributed by atoms with Crippen molar-refractivity contribution in [3.8, 4) is 0 Å². The summed E-state index contributed by atoms with van der Waals surface area (Å²) in [5.74, 6) is -1.10. The number of rotatable bonds is 12. The monoisotopic (exact) mass is 705 g/mol. The van der Waals surface area contributed by atoms with Crippen molar-refractivity contribution in [1.82, 2.24) is 10.2 Å². The minimum atomic E-state index is -4.76. The highest BCUT2D eigenvalue weighted by atomic mass is 32.2. The smallest absolute Gasteiger partial charge is 0.352 e. The molecule has 1 saturated carbocycles. The molecule has 7 nitrogen and oxygen atoms in total. The second-order valence-electron chi connectivity index (χ2n) is 12.9. The Labute approximate surface area is 292 Å². The van der Waals surface area contributed by atoms with Gasteiger partial charge in [0, 0.05) is 19.0 Å². The molecular formula is C39H42F3N3O4S. The average molecular weight is 706 g/mol. The Bertz CT molecular complexity index is 1880. The van der Waals surface area contributed by atoms with E-state index in [2.05, 4.69) is 5.32 Å². The topological polar surface area (TPSA) is 86.8 Å². The summed E-state index contributed by atoms with van der Waals surface area (Å²) in [6, 6.07) is 25.3. The van der Waals surface area contributed by atoms with Crippen LogP contribution in [0.25, 0.3) is 0 Å². The quantitative estimate of drug-likeness (QED) is 0.165. The number of carbonyl (C=O) groups excluding carboxylic acids is 2. The van der Waals surface area contributed by atoms with E-state index in [9.17, 15) is 31.2 Å². The van der Waals surface area contributed by atoms with Crippen molar-refractivity contribution >= 4 is 27.5 Å². The number of carbonyl (C=O) groups is 2. The van der Waals surface area contributed by atoms with E-state index in [0.29, 0.717) is 4.31 Å². The van der Waals surface area contributed by atoms with Gasteiger partial charge >= 0.3 is 6.18 Å². The summed E-state index contributed by atoms with van der Waals surface area (Å²) in [5, 5.41) is 3.16. The van der Waals surface area contributed by atoms with E-state index in [1.165, 1.54) is 23.1 Å². The van der Waals surface area contributed by atoms with Gasteiger partial charge in [-0.15, -0.1) is 0 Å². The van der Waals surface area contributed by atoms with E-state index in [1.54, 1.807) is 19.1 Å². The first-order valence-corrected chi connectivity index (χ1v) is 18.2. The fourth-order valence-corrected chi connectivity index (χ4v) is 7.68. The van der Waals surface area contributed by atoms with Crippen LogP contribution >= 0.6 is 0 Å². The summed E-state index contributed by atoms with van der Waals surface area (Å²) in [6.07, 6.45) is 0.0469. The maximum Gasteiger partial charge on any atom is 0.416 e. The van der Waals surface area contributed by atoms with Crippen LogP contribution in [0.1, 0.15) is 59.9 Å². The lowest BCUT2D eigenvalue weighted by molar-refractivity contribution is -0.140. The van der Waals surface area contributed by atoms with Gasteiger partial charge in [-0.2, -0.15) is 13.2 Å². The number of alkyl halides is 3. The molecule has 0 heterocycles. The molecule has 50 heavy (non-hydrogen) atoms. The second kappa shape index (κ2) is 15.9. The predicted octanol–water partition coefficient (Wildman–Crippen LogP) is 7.61. The highest BCUT2D eigenvalue weighted by Gasteiger charge is 2.37. The first kappa shape index (κ1) is 36.6. The third-order valence-corrected chi connectivity index (χ3v) is 11.0. The zero-order valence-corrected chi connectivity index (χ0v) is 29.0. The lowest BCUT2D eigenvalue weighted by Crippen LogP contribution is -2.55. The highest BCUT2D eigenvalue weighted by molar-refractivity contribution is 7.92. The minimum absolute atomic E-state index is 0.0257. The van der Waals surface area contributed by atoms with E-state index in [-0.39, 0.29) is 35.5 Å². The van der Waals surface area contributed by atoms with Crippen molar-refractivity contribution in [1.29, 1.82) is 0 Å². The molecule has 1 fully saturated rings. The molecule has 1 aliphatic rings. The molecule has 2 amide bonds. The van der Waals surface area contributed by atoms with Gasteiger partial charge in [0.1, 0.15) is 12.6 Å². The van der Waals surface area contributed by atoms with Gasteiger partial charge in [0.2, 0.25) is 11.8 Å². The fraction of sp³-hybridized carbons (Fsp3) is 0.333. The van der Waals surface area contributed by atoms with Crippen LogP contribution < -0.4 is 9.62 Å². The second-order valence-corrected chi connectivity index (χ2v) is 14.7. The summed E-state index contributed by atoms with van der Waals surface area (Å²) in [4.78, 5) is 30.1. The van der Waals surface area contributed by atoms with Crippen molar-refractivity contribution in [3.63, 3.8) is 0 Å². The lowest BCUT2D eigenvalue weighted by atomic mass is 9.94. The predicted molar refractivity (Wildman–Crippen MR) is 188 cm³/mol. The number of anilines is 1. The van der Waals surface area contributed by atoms with Crippen LogP contribution in [0, 0.1) is 13.8 Å². The Morgan fingerprint density at radius 3 is 2.16 bits per heavy atom. The number of amides is 2. The third kappa shape index (κ3) is 9.12. The van der Waals surface area contributed by atoms with E-state index in [0.717, 1.165) is 72.6 Å². The normalized spacial score (nSPS) is 14.5. The molecule has 0 saturated heterocycles. The number of hydrogen-bond donors (Lipinski definition) is 1. The molecule has 1 atom stereocenters. The summed E-state index contributed by atoms with van der Waals surface area (Å²) >= 11 is 0. The standard InChI is InChI=1S/C39H42F3N3O4S/c1-28-20-22-35(23-21-28)50(48,49)45(34-19-11-16-32(25-34)39(40,41)42)27-37(46)44(26-31-15-10-9-12-29(31)2)36(24-30-13-5-3-6-14-30)38(47)43-33-17-7-4-8-18-33/h3,5-6,9-16,19-23,25,33,36H,4,7-8,17-18,24,26-27H2,1-2H3,(H,43,47)/t36-/m0/s1. The van der Waals surface area contributed by atoms with Crippen LogP contribution in [-0.2, 0) is 38.8 Å². The van der Waals surface area contributed by atoms with Gasteiger partial charge in [-0.05, 0) is 73.7 Å². The molecule has 0 spiro atoms. The van der Waals surface area contributed by atoms with Crippen molar-refractivity contribution in [3.05, 3.63) is 131 Å². The van der Waals surface area contributed by atoms with Crippen LogP contribution in [0.3, 0.4) is 0 Å². The van der Waals surface area contributed by atoms with Gasteiger partial charge in [-0.1, -0.05) is 97.6 Å². The Hall–Kier alpha value is -4.64. The molecule has 1 N–H and O–H groups in total. The van der Waals surface area contributed by atoms with Crippen LogP contribution in [0.4, 0.5) is 18.9 Å². The van der Waals surface area contributed by atoms with E-state index < -0.39 is 40.3 Å². The largest absolute Gasteiger partial charge is 0.416 e. The number of halogens is 3. The number of sulfonamides is 1. The molecule has 0 aliphatic heterocycles. The van der Waals surface area contributed by atoms with E-state index in [4.69, 9.17) is 0 Å². The van der Waals surface area contributed by atoms with Gasteiger partial charge in [-0.25, -0.2) is 8.42 Å². The lowest BCUT2D eigenvalue weighted by Gasteiger charge is -2.35. The molecule has 5 rings (SSSR count). The molecule has 0 aromatic heterocycles. The van der Waals surface area contributed by atoms with Gasteiger partial charge in [-0.3, -0.25) is 13.9 Å². The van der Waals surface area contributed by atoms with Crippen LogP contribution in [0.5, 0.6) is 0 Å². The van der Waals surface area contributed by atoms with E-state index in [1.807, 2.05) is 61.5 Å². The molecule has 11 heteroatoms. The third-order valence-electron chi connectivity index (χ3n) is 9.17. The zero-order chi connectivity index (χ0) is 35.9.